The van der Waals surface area contributed by atoms with Crippen LogP contribution >= 0.6 is 0 Å². The van der Waals surface area contributed by atoms with Gasteiger partial charge >= 0.3 is 5.97 Å². The van der Waals surface area contributed by atoms with Crippen LogP contribution in [0.4, 0.5) is 4.39 Å². The molecule has 0 aromatic rings. The van der Waals surface area contributed by atoms with Crippen molar-refractivity contribution in [1.29, 1.82) is 0 Å². The van der Waals surface area contributed by atoms with E-state index in [0.29, 0.717) is 24.2 Å². The fourth-order valence-electron chi connectivity index (χ4n) is 9.89. The first-order valence-electron chi connectivity index (χ1n) is 14.4. The van der Waals surface area contributed by atoms with Crippen molar-refractivity contribution in [3.05, 3.63) is 11.1 Å². The average molecular weight is 491 g/mol. The lowest BCUT2D eigenvalue weighted by atomic mass is 9.43. The van der Waals surface area contributed by atoms with Gasteiger partial charge in [0.05, 0.1) is 6.10 Å². The highest BCUT2D eigenvalue weighted by atomic mass is 19.1. The topological polar surface area (TPSA) is 46.5 Å². The summed E-state index contributed by atoms with van der Waals surface area (Å²) < 4.78 is 19.4. The summed E-state index contributed by atoms with van der Waals surface area (Å²) in [5, 5.41) is 10.1. The van der Waals surface area contributed by atoms with E-state index in [2.05, 4.69) is 41.5 Å². The normalized spacial score (nSPS) is 43.0. The fraction of sp³-hybridized carbons (Fsp3) is 0.903. The summed E-state index contributed by atoms with van der Waals surface area (Å²) in [5.41, 5.74) is 4.20. The van der Waals surface area contributed by atoms with Gasteiger partial charge in [-0.3, -0.25) is 4.79 Å². The molecule has 35 heavy (non-hydrogen) atoms. The Morgan fingerprint density at radius 1 is 1.00 bits per heavy atom. The van der Waals surface area contributed by atoms with E-state index in [1.54, 1.807) is 18.1 Å². The number of fused-ring (bicyclic) bond motifs is 4. The maximum absolute atomic E-state index is 13.5. The first-order chi connectivity index (χ1) is 16.2. The van der Waals surface area contributed by atoms with E-state index >= 15 is 0 Å². The third kappa shape index (κ3) is 4.12. The van der Waals surface area contributed by atoms with Crippen molar-refractivity contribution >= 4 is 5.97 Å². The van der Waals surface area contributed by atoms with Crippen molar-refractivity contribution in [3.63, 3.8) is 0 Å². The van der Waals surface area contributed by atoms with Crippen molar-refractivity contribution in [2.75, 3.05) is 0 Å². The van der Waals surface area contributed by atoms with Gasteiger partial charge in [-0.15, -0.1) is 0 Å². The molecule has 0 heterocycles. The van der Waals surface area contributed by atoms with Crippen LogP contribution in [0.5, 0.6) is 0 Å². The summed E-state index contributed by atoms with van der Waals surface area (Å²) in [7, 11) is 0. The van der Waals surface area contributed by atoms with Gasteiger partial charge in [0, 0.05) is 12.3 Å². The highest BCUT2D eigenvalue weighted by Crippen LogP contribution is 2.72. The molecule has 9 atom stereocenters. The standard InChI is InChI=1S/C31H51FO3/c1-19(9-11-25(34)20(2)32)22-13-17-31(8)24-10-12-26-28(4,5)27(35-21(3)33)15-16-29(26,6)23(24)14-18-30(22,31)7/h19-20,22,25-27,34H,9-18H2,1-8H3/t19-,20?,22-,25?,26+,27+,29-,30-,31+/m1/s1. The molecule has 0 saturated heterocycles. The maximum atomic E-state index is 13.5. The molecule has 0 radical (unpaired) electrons. The Morgan fingerprint density at radius 3 is 2.31 bits per heavy atom. The van der Waals surface area contributed by atoms with E-state index in [4.69, 9.17) is 4.74 Å². The largest absolute Gasteiger partial charge is 0.462 e. The molecule has 0 bridgehead atoms. The minimum Gasteiger partial charge on any atom is -0.462 e. The Bertz CT molecular complexity index is 861. The second kappa shape index (κ2) is 9.14. The Labute approximate surface area is 213 Å². The average Bonchev–Trinajstić information content (AvgIpc) is 3.05. The van der Waals surface area contributed by atoms with Crippen molar-refractivity contribution in [1.82, 2.24) is 0 Å². The highest BCUT2D eigenvalue weighted by Gasteiger charge is 2.63. The van der Waals surface area contributed by atoms with Crippen LogP contribution in [0.3, 0.4) is 0 Å². The first-order valence-corrected chi connectivity index (χ1v) is 14.4. The Hall–Kier alpha value is -0.900. The third-order valence-electron chi connectivity index (χ3n) is 12.2. The summed E-state index contributed by atoms with van der Waals surface area (Å²) >= 11 is 0. The van der Waals surface area contributed by atoms with Crippen LogP contribution in [-0.4, -0.2) is 29.5 Å². The van der Waals surface area contributed by atoms with Crippen LogP contribution in [-0.2, 0) is 9.53 Å². The van der Waals surface area contributed by atoms with Crippen molar-refractivity contribution in [2.24, 2.45) is 39.4 Å². The highest BCUT2D eigenvalue weighted by molar-refractivity contribution is 5.66. The third-order valence-corrected chi connectivity index (χ3v) is 12.2. The number of allylic oxidation sites excluding steroid dienone is 2. The van der Waals surface area contributed by atoms with Gasteiger partial charge in [0.2, 0.25) is 0 Å². The SMILES string of the molecule is CC(=O)O[C@H]1CC[C@]2(C)C3=C(CC[C@H]2C1(C)C)[C@]1(C)CC[C@H]([C@H](C)CCC(O)C(C)F)[C@@]1(C)CC3. The Kier molecular flexibility index (Phi) is 7.09. The monoisotopic (exact) mass is 490 g/mol. The van der Waals surface area contributed by atoms with Gasteiger partial charge in [-0.1, -0.05) is 52.7 Å². The minimum absolute atomic E-state index is 0.0139. The predicted octanol–water partition coefficient (Wildman–Crippen LogP) is 7.80. The Balaban J connectivity index is 1.60. The number of aliphatic hydroxyl groups excluding tert-OH is 1. The molecular weight excluding hydrogens is 439 g/mol. The van der Waals surface area contributed by atoms with Gasteiger partial charge in [-0.05, 0) is 105 Å². The van der Waals surface area contributed by atoms with Crippen molar-refractivity contribution in [3.8, 4) is 0 Å². The van der Waals surface area contributed by atoms with E-state index in [1.807, 2.05) is 0 Å². The van der Waals surface area contributed by atoms with E-state index in [0.717, 1.165) is 19.3 Å². The maximum Gasteiger partial charge on any atom is 0.302 e. The number of rotatable bonds is 6. The molecule has 4 rings (SSSR count). The number of carbonyl (C=O) groups excluding carboxylic acids is 1. The van der Waals surface area contributed by atoms with Crippen LogP contribution < -0.4 is 0 Å². The molecule has 2 saturated carbocycles. The number of alkyl halides is 1. The number of halogens is 1. The second-order valence-corrected chi connectivity index (χ2v) is 14.1. The molecule has 4 aliphatic carbocycles. The van der Waals surface area contributed by atoms with E-state index < -0.39 is 12.3 Å². The first kappa shape index (κ1) is 27.1. The van der Waals surface area contributed by atoms with Crippen LogP contribution in [0.2, 0.25) is 0 Å². The van der Waals surface area contributed by atoms with E-state index in [1.165, 1.54) is 45.4 Å². The van der Waals surface area contributed by atoms with Gasteiger partial charge in [0.15, 0.2) is 0 Å². The lowest BCUT2D eigenvalue weighted by Crippen LogP contribution is -2.55. The molecule has 0 amide bonds. The second-order valence-electron chi connectivity index (χ2n) is 14.1. The van der Waals surface area contributed by atoms with E-state index in [9.17, 15) is 14.3 Å². The lowest BCUT2D eigenvalue weighted by molar-refractivity contribution is -0.167. The molecular formula is C31H51FO3. The number of hydrogen-bond acceptors (Lipinski definition) is 3. The Morgan fingerprint density at radius 2 is 1.69 bits per heavy atom. The number of aliphatic hydroxyl groups is 1. The molecule has 4 aliphatic rings. The number of hydrogen-bond donors (Lipinski definition) is 1. The zero-order valence-corrected chi connectivity index (χ0v) is 23.7. The molecule has 1 N–H and O–H groups in total. The molecule has 3 nitrogen and oxygen atoms in total. The molecule has 0 spiro atoms. The summed E-state index contributed by atoms with van der Waals surface area (Å²) in [6.45, 7) is 17.7. The smallest absolute Gasteiger partial charge is 0.302 e. The summed E-state index contributed by atoms with van der Waals surface area (Å²) in [4.78, 5) is 11.8. The van der Waals surface area contributed by atoms with E-state index in [-0.39, 0.29) is 33.7 Å². The predicted molar refractivity (Wildman–Crippen MR) is 140 cm³/mol. The van der Waals surface area contributed by atoms with Crippen molar-refractivity contribution in [2.45, 2.75) is 138 Å². The summed E-state index contributed by atoms with van der Waals surface area (Å²) in [6, 6.07) is 0. The molecule has 2 fully saturated rings. The zero-order valence-electron chi connectivity index (χ0n) is 23.7. The quantitative estimate of drug-likeness (QED) is 0.305. The molecule has 2 unspecified atom stereocenters. The number of esters is 1. The lowest BCUT2D eigenvalue weighted by Gasteiger charge is -2.62. The van der Waals surface area contributed by atoms with Gasteiger partial charge in [-0.2, -0.15) is 0 Å². The van der Waals surface area contributed by atoms with Crippen LogP contribution in [0.1, 0.15) is 120 Å². The fourth-order valence-corrected chi connectivity index (χ4v) is 9.89. The van der Waals surface area contributed by atoms with Crippen LogP contribution in [0, 0.1) is 39.4 Å². The summed E-state index contributed by atoms with van der Waals surface area (Å²) in [6.07, 6.45) is 8.86. The summed E-state index contributed by atoms with van der Waals surface area (Å²) in [5.74, 6) is 1.52. The molecule has 4 heteroatoms. The minimum atomic E-state index is -1.15. The molecule has 0 aliphatic heterocycles. The van der Waals surface area contributed by atoms with Crippen molar-refractivity contribution < 1.29 is 19.0 Å². The molecule has 0 aromatic heterocycles. The van der Waals surface area contributed by atoms with Gasteiger partial charge in [-0.25, -0.2) is 4.39 Å². The number of carbonyl (C=O) groups is 1. The molecule has 200 valence electrons. The van der Waals surface area contributed by atoms with Gasteiger partial charge in [0.25, 0.3) is 0 Å². The molecule has 0 aromatic carbocycles. The van der Waals surface area contributed by atoms with Gasteiger partial charge < -0.3 is 9.84 Å². The van der Waals surface area contributed by atoms with Gasteiger partial charge in [0.1, 0.15) is 12.3 Å². The zero-order chi connectivity index (χ0) is 26.0. The van der Waals surface area contributed by atoms with Crippen LogP contribution in [0.15, 0.2) is 11.1 Å². The van der Waals surface area contributed by atoms with Crippen LogP contribution in [0.25, 0.3) is 0 Å². The number of ether oxygens (including phenoxy) is 1.